The number of ether oxygens (including phenoxy) is 1. The normalized spacial score (nSPS) is 41.0. The average molecular weight is 415 g/mol. The van der Waals surface area contributed by atoms with Crippen LogP contribution in [0.1, 0.15) is 92.4 Å². The third-order valence-corrected chi connectivity index (χ3v) is 10.0. The maximum absolute atomic E-state index is 13.2. The zero-order valence-electron chi connectivity index (χ0n) is 19.9. The standard InChI is InChI=1S/C27H42O3/c1-6-25(2,3)17-30-16-24(29)23-10-9-21-20-8-7-18-15-19(28)11-13-26(18,4)22(20)12-14-27(21,23)5/h15,20-23H,6-14,16-17H2,1-5H3/t20-,21-,22-,23+,26-,27-/m0/s1. The van der Waals surface area contributed by atoms with Crippen LogP contribution < -0.4 is 0 Å². The van der Waals surface area contributed by atoms with Gasteiger partial charge in [-0.2, -0.15) is 0 Å². The van der Waals surface area contributed by atoms with Crippen LogP contribution in [-0.2, 0) is 14.3 Å². The maximum atomic E-state index is 13.2. The molecule has 30 heavy (non-hydrogen) atoms. The van der Waals surface area contributed by atoms with Crippen molar-refractivity contribution in [2.75, 3.05) is 13.2 Å². The Bertz CT molecular complexity index is 734. The van der Waals surface area contributed by atoms with Gasteiger partial charge in [0.25, 0.3) is 0 Å². The molecule has 0 bridgehead atoms. The predicted octanol–water partition coefficient (Wildman–Crippen LogP) is 6.16. The first-order valence-corrected chi connectivity index (χ1v) is 12.4. The summed E-state index contributed by atoms with van der Waals surface area (Å²) in [7, 11) is 0. The lowest BCUT2D eigenvalue weighted by Gasteiger charge is -2.58. The van der Waals surface area contributed by atoms with Gasteiger partial charge >= 0.3 is 0 Å². The van der Waals surface area contributed by atoms with Gasteiger partial charge in [0.2, 0.25) is 0 Å². The van der Waals surface area contributed by atoms with Crippen molar-refractivity contribution in [1.29, 1.82) is 0 Å². The number of allylic oxidation sites excluding steroid dienone is 1. The number of carbonyl (C=O) groups is 2. The minimum atomic E-state index is 0.143. The number of fused-ring (bicyclic) bond motifs is 5. The molecule has 3 heteroatoms. The second-order valence-corrected chi connectivity index (χ2v) is 12.1. The molecule has 6 atom stereocenters. The molecular formula is C27H42O3. The molecule has 4 aliphatic rings. The first-order chi connectivity index (χ1) is 14.1. The Kier molecular flexibility index (Phi) is 5.83. The number of hydrogen-bond acceptors (Lipinski definition) is 3. The van der Waals surface area contributed by atoms with Crippen molar-refractivity contribution in [2.45, 2.75) is 92.4 Å². The van der Waals surface area contributed by atoms with Gasteiger partial charge in [-0.3, -0.25) is 9.59 Å². The number of hydrogen-bond donors (Lipinski definition) is 0. The molecule has 168 valence electrons. The van der Waals surface area contributed by atoms with E-state index in [1.807, 2.05) is 6.08 Å². The van der Waals surface area contributed by atoms with Gasteiger partial charge in [-0.05, 0) is 91.4 Å². The van der Waals surface area contributed by atoms with Crippen molar-refractivity contribution in [3.8, 4) is 0 Å². The zero-order chi connectivity index (χ0) is 21.7. The Labute approximate surface area is 183 Å². The van der Waals surface area contributed by atoms with Crippen molar-refractivity contribution in [1.82, 2.24) is 0 Å². The van der Waals surface area contributed by atoms with Crippen LogP contribution in [0.5, 0.6) is 0 Å². The molecule has 0 spiro atoms. The van der Waals surface area contributed by atoms with Gasteiger partial charge in [0, 0.05) is 12.3 Å². The minimum absolute atomic E-state index is 0.143. The van der Waals surface area contributed by atoms with E-state index in [2.05, 4.69) is 34.6 Å². The zero-order valence-corrected chi connectivity index (χ0v) is 19.9. The van der Waals surface area contributed by atoms with Crippen LogP contribution in [0, 0.1) is 39.9 Å². The highest BCUT2D eigenvalue weighted by Crippen LogP contribution is 2.66. The molecule has 0 amide bonds. The molecule has 3 nitrogen and oxygen atoms in total. The van der Waals surface area contributed by atoms with Gasteiger partial charge < -0.3 is 4.74 Å². The van der Waals surface area contributed by atoms with Crippen LogP contribution in [0.2, 0.25) is 0 Å². The number of carbonyl (C=O) groups excluding carboxylic acids is 2. The molecule has 0 N–H and O–H groups in total. The van der Waals surface area contributed by atoms with Gasteiger partial charge in [0.05, 0.1) is 6.61 Å². The summed E-state index contributed by atoms with van der Waals surface area (Å²) in [6.45, 7) is 12.4. The number of ketones is 2. The molecule has 0 unspecified atom stereocenters. The first kappa shape index (κ1) is 22.2. The molecule has 4 rings (SSSR count). The molecule has 0 aromatic rings. The lowest BCUT2D eigenvalue weighted by atomic mass is 9.46. The fourth-order valence-corrected chi connectivity index (χ4v) is 7.72. The van der Waals surface area contributed by atoms with Crippen LogP contribution in [-0.4, -0.2) is 24.8 Å². The molecule has 0 aromatic carbocycles. The molecular weight excluding hydrogens is 372 g/mol. The van der Waals surface area contributed by atoms with Gasteiger partial charge in [-0.1, -0.05) is 40.2 Å². The third kappa shape index (κ3) is 3.63. The Morgan fingerprint density at radius 3 is 2.60 bits per heavy atom. The van der Waals surface area contributed by atoms with Gasteiger partial charge in [0.15, 0.2) is 11.6 Å². The lowest BCUT2D eigenvalue weighted by molar-refractivity contribution is -0.136. The average Bonchev–Trinajstić information content (AvgIpc) is 3.05. The van der Waals surface area contributed by atoms with Crippen LogP contribution in [0.15, 0.2) is 11.6 Å². The molecule has 0 aliphatic heterocycles. The highest BCUT2D eigenvalue weighted by molar-refractivity contribution is 5.91. The second-order valence-electron chi connectivity index (χ2n) is 12.1. The van der Waals surface area contributed by atoms with Crippen molar-refractivity contribution < 1.29 is 14.3 Å². The van der Waals surface area contributed by atoms with E-state index < -0.39 is 0 Å². The van der Waals surface area contributed by atoms with Crippen molar-refractivity contribution in [3.63, 3.8) is 0 Å². The highest BCUT2D eigenvalue weighted by atomic mass is 16.5. The van der Waals surface area contributed by atoms with Crippen molar-refractivity contribution in [3.05, 3.63) is 11.6 Å². The fourth-order valence-electron chi connectivity index (χ4n) is 7.72. The van der Waals surface area contributed by atoms with E-state index in [1.165, 1.54) is 24.8 Å². The van der Waals surface area contributed by atoms with Gasteiger partial charge in [-0.15, -0.1) is 0 Å². The summed E-state index contributed by atoms with van der Waals surface area (Å²) in [4.78, 5) is 25.2. The topological polar surface area (TPSA) is 43.4 Å². The summed E-state index contributed by atoms with van der Waals surface area (Å²) >= 11 is 0. The van der Waals surface area contributed by atoms with E-state index in [0.717, 1.165) is 44.4 Å². The molecule has 0 heterocycles. The highest BCUT2D eigenvalue weighted by Gasteiger charge is 2.60. The van der Waals surface area contributed by atoms with Crippen LogP contribution in [0.25, 0.3) is 0 Å². The molecule has 4 aliphatic carbocycles. The summed E-state index contributed by atoms with van der Waals surface area (Å²) in [6.07, 6.45) is 11.7. The smallest absolute Gasteiger partial charge is 0.162 e. The lowest BCUT2D eigenvalue weighted by Crippen LogP contribution is -2.51. The summed E-state index contributed by atoms with van der Waals surface area (Å²) in [5.74, 6) is 2.92. The summed E-state index contributed by atoms with van der Waals surface area (Å²) < 4.78 is 5.90. The number of rotatable bonds is 6. The van der Waals surface area contributed by atoms with E-state index >= 15 is 0 Å². The SMILES string of the molecule is CCC(C)(C)COCC(=O)[C@H]1CC[C@H]2[C@@H]3CCC4=CC(=O)CC[C@]4(C)[C@H]3CC[C@]12C. The van der Waals surface area contributed by atoms with Gasteiger partial charge in [-0.25, -0.2) is 0 Å². The van der Waals surface area contributed by atoms with Crippen LogP contribution in [0.3, 0.4) is 0 Å². The largest absolute Gasteiger partial charge is 0.373 e. The van der Waals surface area contributed by atoms with E-state index in [0.29, 0.717) is 30.0 Å². The summed E-state index contributed by atoms with van der Waals surface area (Å²) in [5, 5.41) is 0. The second kappa shape index (κ2) is 7.87. The monoisotopic (exact) mass is 414 g/mol. The quantitative estimate of drug-likeness (QED) is 0.523. The first-order valence-electron chi connectivity index (χ1n) is 12.4. The molecule has 3 saturated carbocycles. The molecule has 0 radical (unpaired) electrons. The van der Waals surface area contributed by atoms with Crippen LogP contribution >= 0.6 is 0 Å². The Morgan fingerprint density at radius 1 is 1.10 bits per heavy atom. The summed E-state index contributed by atoms with van der Waals surface area (Å²) in [6, 6.07) is 0. The van der Waals surface area contributed by atoms with Crippen LogP contribution in [0.4, 0.5) is 0 Å². The molecule has 0 aromatic heterocycles. The Hall–Kier alpha value is -0.960. The van der Waals surface area contributed by atoms with Gasteiger partial charge in [0.1, 0.15) is 6.61 Å². The number of Topliss-reactive ketones (excluding diaryl/α,β-unsaturated/α-hetero) is 1. The third-order valence-electron chi connectivity index (χ3n) is 10.0. The predicted molar refractivity (Wildman–Crippen MR) is 120 cm³/mol. The van der Waals surface area contributed by atoms with E-state index in [4.69, 9.17) is 4.74 Å². The van der Waals surface area contributed by atoms with Crippen molar-refractivity contribution in [2.24, 2.45) is 39.9 Å². The Balaban J connectivity index is 1.46. The maximum Gasteiger partial charge on any atom is 0.162 e. The minimum Gasteiger partial charge on any atom is -0.373 e. The van der Waals surface area contributed by atoms with E-state index in [1.54, 1.807) is 0 Å². The van der Waals surface area contributed by atoms with E-state index in [9.17, 15) is 9.59 Å². The summed E-state index contributed by atoms with van der Waals surface area (Å²) in [5.41, 5.74) is 1.94. The van der Waals surface area contributed by atoms with Crippen molar-refractivity contribution >= 4 is 11.6 Å². The Morgan fingerprint density at radius 2 is 1.87 bits per heavy atom. The molecule has 3 fully saturated rings. The molecule has 0 saturated heterocycles. The van der Waals surface area contributed by atoms with E-state index in [-0.39, 0.29) is 28.8 Å². The fraction of sp³-hybridized carbons (Fsp3) is 0.852.